The van der Waals surface area contributed by atoms with Crippen molar-refractivity contribution >= 4 is 5.91 Å². The van der Waals surface area contributed by atoms with Crippen molar-refractivity contribution in [1.29, 1.82) is 0 Å². The minimum Gasteiger partial charge on any atom is -0.372 e. The van der Waals surface area contributed by atoms with Gasteiger partial charge >= 0.3 is 0 Å². The molecular formula is C13H19NO2. The van der Waals surface area contributed by atoms with Gasteiger partial charge in [-0.2, -0.15) is 0 Å². The molecule has 0 aliphatic heterocycles. The Morgan fingerprint density at radius 2 is 2.06 bits per heavy atom. The van der Waals surface area contributed by atoms with Crippen LogP contribution in [0.2, 0.25) is 0 Å². The summed E-state index contributed by atoms with van der Waals surface area (Å²) in [5, 5.41) is 2.82. The highest BCUT2D eigenvalue weighted by atomic mass is 16.5. The van der Waals surface area contributed by atoms with E-state index < -0.39 is 0 Å². The molecule has 1 N–H and O–H groups in total. The van der Waals surface area contributed by atoms with Gasteiger partial charge in [0.2, 0.25) is 5.91 Å². The van der Waals surface area contributed by atoms with Crippen LogP contribution in [0.25, 0.3) is 0 Å². The lowest BCUT2D eigenvalue weighted by Gasteiger charge is -2.05. The van der Waals surface area contributed by atoms with Gasteiger partial charge in [-0.1, -0.05) is 30.3 Å². The zero-order chi connectivity index (χ0) is 11.6. The number of amides is 1. The van der Waals surface area contributed by atoms with Crippen LogP contribution in [0.15, 0.2) is 30.3 Å². The summed E-state index contributed by atoms with van der Waals surface area (Å²) in [6.07, 6.45) is 1.96. The van der Waals surface area contributed by atoms with Gasteiger partial charge in [-0.3, -0.25) is 4.79 Å². The Morgan fingerprint density at radius 3 is 2.75 bits per heavy atom. The molecule has 0 aliphatic rings. The second-order valence-electron chi connectivity index (χ2n) is 3.58. The summed E-state index contributed by atoms with van der Waals surface area (Å²) in [5.41, 5.74) is 1.31. The van der Waals surface area contributed by atoms with Crippen molar-refractivity contribution in [3.63, 3.8) is 0 Å². The normalized spacial score (nSPS) is 10.1. The fourth-order valence-corrected chi connectivity index (χ4v) is 1.41. The second-order valence-corrected chi connectivity index (χ2v) is 3.58. The molecule has 16 heavy (non-hydrogen) atoms. The summed E-state index contributed by atoms with van der Waals surface area (Å²) < 4.78 is 5.00. The molecule has 3 nitrogen and oxygen atoms in total. The number of hydrogen-bond donors (Lipinski definition) is 1. The van der Waals surface area contributed by atoms with E-state index in [9.17, 15) is 4.79 Å². The Morgan fingerprint density at radius 1 is 1.31 bits per heavy atom. The molecule has 0 unspecified atom stereocenters. The van der Waals surface area contributed by atoms with Gasteiger partial charge in [0, 0.05) is 13.2 Å². The molecule has 0 bridgehead atoms. The fraction of sp³-hybridized carbons (Fsp3) is 0.462. The number of rotatable bonds is 7. The largest absolute Gasteiger partial charge is 0.372 e. The van der Waals surface area contributed by atoms with Gasteiger partial charge in [0.1, 0.15) is 6.61 Å². The van der Waals surface area contributed by atoms with Crippen LogP contribution in [-0.2, 0) is 16.0 Å². The highest BCUT2D eigenvalue weighted by Crippen LogP contribution is 2.01. The average molecular weight is 221 g/mol. The third-order valence-electron chi connectivity index (χ3n) is 2.24. The SMILES string of the molecule is CCOCC(=O)NCCCc1ccccc1. The van der Waals surface area contributed by atoms with E-state index >= 15 is 0 Å². The molecule has 3 heteroatoms. The van der Waals surface area contributed by atoms with Crippen LogP contribution in [0.1, 0.15) is 18.9 Å². The summed E-state index contributed by atoms with van der Waals surface area (Å²) in [6.45, 7) is 3.34. The minimum absolute atomic E-state index is 0.0325. The predicted octanol–water partition coefficient (Wildman–Crippen LogP) is 1.77. The van der Waals surface area contributed by atoms with Gasteiger partial charge in [-0.15, -0.1) is 0 Å². The van der Waals surface area contributed by atoms with Crippen molar-refractivity contribution < 1.29 is 9.53 Å². The van der Waals surface area contributed by atoms with E-state index in [1.807, 2.05) is 25.1 Å². The summed E-state index contributed by atoms with van der Waals surface area (Å²) in [5.74, 6) is -0.0325. The number of carbonyl (C=O) groups excluding carboxylic acids is 1. The first-order valence-corrected chi connectivity index (χ1v) is 5.71. The van der Waals surface area contributed by atoms with E-state index in [1.54, 1.807) is 0 Å². The molecule has 1 amide bonds. The lowest BCUT2D eigenvalue weighted by atomic mass is 10.1. The van der Waals surface area contributed by atoms with Gasteiger partial charge in [0.15, 0.2) is 0 Å². The summed E-state index contributed by atoms with van der Waals surface area (Å²) in [7, 11) is 0. The third kappa shape index (κ3) is 5.51. The lowest BCUT2D eigenvalue weighted by molar-refractivity contribution is -0.125. The van der Waals surface area contributed by atoms with Crippen molar-refractivity contribution in [2.75, 3.05) is 19.8 Å². The van der Waals surface area contributed by atoms with E-state index in [-0.39, 0.29) is 12.5 Å². The Hall–Kier alpha value is -1.35. The molecule has 0 aromatic heterocycles. The van der Waals surface area contributed by atoms with Crippen molar-refractivity contribution in [3.8, 4) is 0 Å². The highest BCUT2D eigenvalue weighted by molar-refractivity contribution is 5.77. The molecule has 0 atom stereocenters. The van der Waals surface area contributed by atoms with Crippen LogP contribution < -0.4 is 5.32 Å². The summed E-state index contributed by atoms with van der Waals surface area (Å²) >= 11 is 0. The van der Waals surface area contributed by atoms with Crippen molar-refractivity contribution in [1.82, 2.24) is 5.32 Å². The highest BCUT2D eigenvalue weighted by Gasteiger charge is 1.99. The monoisotopic (exact) mass is 221 g/mol. The number of ether oxygens (including phenoxy) is 1. The van der Waals surface area contributed by atoms with Crippen molar-refractivity contribution in [2.24, 2.45) is 0 Å². The van der Waals surface area contributed by atoms with Crippen molar-refractivity contribution in [3.05, 3.63) is 35.9 Å². The lowest BCUT2D eigenvalue weighted by Crippen LogP contribution is -2.28. The number of nitrogens with one attached hydrogen (secondary N) is 1. The molecule has 0 saturated heterocycles. The quantitative estimate of drug-likeness (QED) is 0.713. The molecule has 0 fully saturated rings. The maximum atomic E-state index is 11.2. The van der Waals surface area contributed by atoms with Crippen LogP contribution in [0.5, 0.6) is 0 Å². The van der Waals surface area contributed by atoms with E-state index in [2.05, 4.69) is 17.4 Å². The third-order valence-corrected chi connectivity index (χ3v) is 2.24. The fourth-order valence-electron chi connectivity index (χ4n) is 1.41. The molecule has 0 saturated carbocycles. The van der Waals surface area contributed by atoms with Crippen molar-refractivity contribution in [2.45, 2.75) is 19.8 Å². The Kier molecular flexibility index (Phi) is 6.26. The Labute approximate surface area is 96.8 Å². The van der Waals surface area contributed by atoms with E-state index in [1.165, 1.54) is 5.56 Å². The van der Waals surface area contributed by atoms with E-state index in [0.717, 1.165) is 12.8 Å². The Balaban J connectivity index is 2.06. The van der Waals surface area contributed by atoms with Crippen LogP contribution in [0.4, 0.5) is 0 Å². The van der Waals surface area contributed by atoms with Gasteiger partial charge in [0.05, 0.1) is 0 Å². The second kappa shape index (κ2) is 7.88. The van der Waals surface area contributed by atoms with Gasteiger partial charge in [0.25, 0.3) is 0 Å². The average Bonchev–Trinajstić information content (AvgIpc) is 2.33. The number of carbonyl (C=O) groups is 1. The first kappa shape index (κ1) is 12.7. The van der Waals surface area contributed by atoms with E-state index in [4.69, 9.17) is 4.74 Å². The minimum atomic E-state index is -0.0325. The molecule has 0 spiro atoms. The first-order valence-electron chi connectivity index (χ1n) is 5.71. The molecule has 0 heterocycles. The summed E-state index contributed by atoms with van der Waals surface area (Å²) in [6, 6.07) is 10.3. The standard InChI is InChI=1S/C13H19NO2/c1-2-16-11-13(15)14-10-6-9-12-7-4-3-5-8-12/h3-5,7-8H,2,6,9-11H2,1H3,(H,14,15). The topological polar surface area (TPSA) is 38.3 Å². The van der Waals surface area contributed by atoms with Crippen LogP contribution in [0.3, 0.4) is 0 Å². The zero-order valence-electron chi connectivity index (χ0n) is 9.74. The molecule has 88 valence electrons. The van der Waals surface area contributed by atoms with Crippen LogP contribution >= 0.6 is 0 Å². The molecule has 0 radical (unpaired) electrons. The molecular weight excluding hydrogens is 202 g/mol. The zero-order valence-corrected chi connectivity index (χ0v) is 9.74. The van der Waals surface area contributed by atoms with E-state index in [0.29, 0.717) is 13.2 Å². The van der Waals surface area contributed by atoms with Gasteiger partial charge in [-0.05, 0) is 25.3 Å². The van der Waals surface area contributed by atoms with Crippen LogP contribution in [-0.4, -0.2) is 25.7 Å². The first-order chi connectivity index (χ1) is 7.83. The van der Waals surface area contributed by atoms with Gasteiger partial charge < -0.3 is 10.1 Å². The van der Waals surface area contributed by atoms with Gasteiger partial charge in [-0.25, -0.2) is 0 Å². The maximum absolute atomic E-state index is 11.2. The molecule has 0 aliphatic carbocycles. The molecule has 1 rings (SSSR count). The molecule has 1 aromatic carbocycles. The number of aryl methyl sites for hydroxylation is 1. The Bertz CT molecular complexity index is 298. The smallest absolute Gasteiger partial charge is 0.245 e. The van der Waals surface area contributed by atoms with Crippen LogP contribution in [0, 0.1) is 0 Å². The summed E-state index contributed by atoms with van der Waals surface area (Å²) in [4.78, 5) is 11.2. The predicted molar refractivity (Wildman–Crippen MR) is 64.3 cm³/mol. The molecule has 1 aromatic rings. The maximum Gasteiger partial charge on any atom is 0.245 e. The number of hydrogen-bond acceptors (Lipinski definition) is 2. The number of benzene rings is 1.